The molecule has 0 aromatic heterocycles. The lowest BCUT2D eigenvalue weighted by Crippen LogP contribution is -2.75. The normalized spacial score (nSPS) is 22.1. The average Bonchev–Trinajstić information content (AvgIpc) is 1.38. The summed E-state index contributed by atoms with van der Waals surface area (Å²) in [5.74, 6) is 0.324. The molecule has 0 N–H and O–H groups in total. The van der Waals surface area contributed by atoms with E-state index in [4.69, 9.17) is 0 Å². The molecule has 4 aliphatic carbocycles. The monoisotopic (exact) mass is 1150 g/mol. The minimum absolute atomic E-state index is 0.00666. The molecule has 91 heavy (non-hydrogen) atoms. The van der Waals surface area contributed by atoms with E-state index in [1.165, 1.54) is 17.2 Å². The van der Waals surface area contributed by atoms with Crippen molar-refractivity contribution in [1.82, 2.24) is 0 Å². The smallest absolute Gasteiger partial charge is 0.0599 e. The van der Waals surface area contributed by atoms with Crippen LogP contribution >= 0.6 is 0 Å². The molecule has 0 nitrogen and oxygen atoms in total. The predicted octanol–water partition coefficient (Wildman–Crippen LogP) is 23.6. The zero-order valence-electron chi connectivity index (χ0n) is 52.6. The Bertz CT molecular complexity index is 8210. The molecule has 30 aromatic rings. The molecule has 1 aliphatic heterocycles. The van der Waals surface area contributed by atoms with Gasteiger partial charge in [0, 0.05) is 10.5 Å². The fraction of sp³-hybridized carbons (Fsp3) is 0.222. The van der Waals surface area contributed by atoms with Gasteiger partial charge in [-0.2, -0.15) is 0 Å². The molecule has 0 amide bonds. The highest BCUT2D eigenvalue weighted by molar-refractivity contribution is 7.08. The van der Waals surface area contributed by atoms with E-state index < -0.39 is 13.1 Å². The number of hydrogen-bond donors (Lipinski definition) is 0. The molecule has 0 radical (unpaired) electrons. The van der Waals surface area contributed by atoms with Gasteiger partial charge in [0.15, 0.2) is 0 Å². The average molecular weight is 1160 g/mol. The molecule has 1 atom stereocenters. The van der Waals surface area contributed by atoms with Crippen molar-refractivity contribution in [2.24, 2.45) is 11.3 Å². The van der Waals surface area contributed by atoms with Gasteiger partial charge in [-0.15, -0.1) is 0 Å². The third kappa shape index (κ3) is 2.55. The predicted molar refractivity (Wildman–Crippen MR) is 396 cm³/mol. The van der Waals surface area contributed by atoms with Crippen LogP contribution in [0.15, 0.2) is 24.3 Å². The lowest BCUT2D eigenvalue weighted by molar-refractivity contribution is 0.167. The van der Waals surface area contributed by atoms with Crippen LogP contribution in [0.1, 0.15) is 118 Å². The van der Waals surface area contributed by atoms with Gasteiger partial charge in [0.1, 0.15) is 8.07 Å². The van der Waals surface area contributed by atoms with Crippen LogP contribution in [0.4, 0.5) is 0 Å². The van der Waals surface area contributed by atoms with E-state index in [1.807, 2.05) is 22.3 Å². The number of rotatable bonds is 2. The summed E-state index contributed by atoms with van der Waals surface area (Å²) in [6, 6.07) is 12.3. The SMILES string of the molecule is Cc1cc(C(C)(C)C)cc(C)c1[Si]1(c2c(C)cc(C(C)(C)C)cc2C)CC(C(C)(C)C)C23c4c5c6c7c8c9c(c%10c%11c2c2c4c4c%12c5c5c6c6c8c8c%13c9c9c%10c%10c%11c%11c2c2c4c4c%12c%12c5c5c6c8c6c8c%13c9c9c%10c%10c%11c2c2c4c4c%12c5c6c5c8c9c%10c2c45)C731. The zero-order valence-corrected chi connectivity index (χ0v) is 53.6. The topological polar surface area (TPSA) is 0 Å². The van der Waals surface area contributed by atoms with Crippen molar-refractivity contribution in [3.8, 4) is 0 Å². The molecule has 1 saturated heterocycles. The van der Waals surface area contributed by atoms with Crippen LogP contribution in [0.25, 0.3) is 291 Å². The molecule has 35 rings (SSSR count). The van der Waals surface area contributed by atoms with E-state index in [2.05, 4.69) is 114 Å². The van der Waals surface area contributed by atoms with E-state index in [-0.39, 0.29) is 21.7 Å². The summed E-state index contributed by atoms with van der Waals surface area (Å²) in [4.78, 5) is 0. The van der Waals surface area contributed by atoms with Crippen LogP contribution in [0, 0.1) is 39.0 Å². The Morgan fingerprint density at radius 2 is 0.418 bits per heavy atom. The maximum atomic E-state index is 2.79. The van der Waals surface area contributed by atoms with E-state index in [9.17, 15) is 0 Å². The second-order valence-corrected chi connectivity index (χ2v) is 40.8. The lowest BCUT2D eigenvalue weighted by atomic mass is 9.48. The van der Waals surface area contributed by atoms with Crippen LogP contribution in [0.3, 0.4) is 0 Å². The first-order chi connectivity index (χ1) is 43.9. The standard InChI is InChI=1S/C90H46Si/c1-19-14-23(86(5,6)7)15-20(2)84(19)91(85-21(3)16-24(17-22(85)4)87(8,9)10)18-25(88(11,12)13)89-80-72-64-54-44-36-28-26-27-30-34-32(28)40-48-42(34)52-46-38(30)39-31(27)35-33-29(26)37(36)45-51-41(33)49-43(35)53-47(39)57-56(46)68-62(52)70-60(48)66(58(64)50(40)44)74(80)76(70)82-78(68)79-69(57)63(53)71-61(49)67-59(51)65(55(45)54)73(72)81(89)75(67)77(71)83(79)90(82,89)91/h14-17,25H,18H2,1-13H3. The first kappa shape index (κ1) is 40.8. The Morgan fingerprint density at radius 3 is 0.582 bits per heavy atom. The van der Waals surface area contributed by atoms with Gasteiger partial charge in [0.2, 0.25) is 0 Å². The summed E-state index contributed by atoms with van der Waals surface area (Å²) in [6.07, 6.45) is 0. The van der Waals surface area contributed by atoms with Crippen molar-refractivity contribution in [3.63, 3.8) is 0 Å². The second kappa shape index (κ2) is 9.58. The van der Waals surface area contributed by atoms with Gasteiger partial charge in [-0.05, 0) is 391 Å². The highest BCUT2D eigenvalue weighted by Crippen LogP contribution is 2.89. The molecule has 1 unspecified atom stereocenters. The maximum absolute atomic E-state index is 3.45. The summed E-state index contributed by atoms with van der Waals surface area (Å²) in [5, 5.41) is 94.5. The van der Waals surface area contributed by atoms with Gasteiger partial charge in [0.25, 0.3) is 0 Å². The Morgan fingerprint density at radius 1 is 0.253 bits per heavy atom. The molecule has 30 aromatic carbocycles. The third-order valence-corrected chi connectivity index (χ3v) is 38.2. The van der Waals surface area contributed by atoms with Crippen LogP contribution in [0.5, 0.6) is 0 Å². The second-order valence-electron chi connectivity index (χ2n) is 36.8. The molecule has 0 saturated carbocycles. The summed E-state index contributed by atoms with van der Waals surface area (Å²) < 4.78 is 0. The summed E-state index contributed by atoms with van der Waals surface area (Å²) in [7, 11) is -3.45. The van der Waals surface area contributed by atoms with Crippen molar-refractivity contribution >= 4 is 309 Å². The first-order valence-electron chi connectivity index (χ1n) is 34.9. The summed E-state index contributed by atoms with van der Waals surface area (Å²) in [5.41, 5.74) is 16.2. The van der Waals surface area contributed by atoms with Crippen molar-refractivity contribution < 1.29 is 0 Å². The van der Waals surface area contributed by atoms with Crippen LogP contribution in [-0.4, -0.2) is 8.07 Å². The van der Waals surface area contributed by atoms with Crippen LogP contribution < -0.4 is 10.4 Å². The van der Waals surface area contributed by atoms with Crippen LogP contribution in [0.2, 0.25) is 6.04 Å². The third-order valence-electron chi connectivity index (χ3n) is 31.7. The molecular weight excluding hydrogens is 1110 g/mol. The number of hydrogen-bond acceptors (Lipinski definition) is 0. The van der Waals surface area contributed by atoms with Crippen molar-refractivity contribution in [1.29, 1.82) is 0 Å². The maximum Gasteiger partial charge on any atom is 0.136 e. The van der Waals surface area contributed by atoms with E-state index in [0.717, 1.165) is 0 Å². The van der Waals surface area contributed by atoms with Gasteiger partial charge in [-0.1, -0.05) is 109 Å². The largest absolute Gasteiger partial charge is 0.136 e. The number of benzene rings is 20. The van der Waals surface area contributed by atoms with Gasteiger partial charge in [0.05, 0.1) is 0 Å². The van der Waals surface area contributed by atoms with Gasteiger partial charge >= 0.3 is 0 Å². The molecular formula is C90H46Si. The first-order valence-corrected chi connectivity index (χ1v) is 37.1. The van der Waals surface area contributed by atoms with Crippen molar-refractivity contribution in [2.75, 3.05) is 0 Å². The van der Waals surface area contributed by atoms with Gasteiger partial charge < -0.3 is 0 Å². The molecule has 1 heterocycles. The molecule has 410 valence electrons. The summed E-state index contributed by atoms with van der Waals surface area (Å²) >= 11 is 0. The molecule has 1 fully saturated rings. The Labute approximate surface area is 514 Å². The van der Waals surface area contributed by atoms with E-state index in [1.54, 1.807) is 323 Å². The Balaban J connectivity index is 1.03. The Kier molecular flexibility index (Phi) is 4.29. The van der Waals surface area contributed by atoms with Gasteiger partial charge in [-0.3, -0.25) is 0 Å². The van der Waals surface area contributed by atoms with Crippen molar-refractivity contribution in [2.45, 2.75) is 117 Å². The van der Waals surface area contributed by atoms with Crippen LogP contribution in [-0.2, 0) is 21.3 Å². The molecule has 0 bridgehead atoms. The molecule has 5 aliphatic rings. The summed E-state index contributed by atoms with van der Waals surface area (Å²) in [6.45, 7) is 33.9. The molecule has 1 heteroatoms. The minimum atomic E-state index is -3.45. The number of aryl methyl sites for hydroxylation is 4. The molecule has 2 spiro atoms. The van der Waals surface area contributed by atoms with Gasteiger partial charge in [-0.25, -0.2) is 0 Å². The van der Waals surface area contributed by atoms with Crippen molar-refractivity contribution in [3.05, 3.63) is 79.9 Å². The zero-order chi connectivity index (χ0) is 58.2. The van der Waals surface area contributed by atoms with E-state index in [0.29, 0.717) is 5.92 Å². The quantitative estimate of drug-likeness (QED) is 0.120. The lowest BCUT2D eigenvalue weighted by Gasteiger charge is -2.60. The fourth-order valence-corrected chi connectivity index (χ4v) is 39.8. The Hall–Kier alpha value is -8.88. The van der Waals surface area contributed by atoms with E-state index >= 15 is 0 Å². The highest BCUT2D eigenvalue weighted by Gasteiger charge is 2.84. The fourth-order valence-electron chi connectivity index (χ4n) is 31.1. The highest BCUT2D eigenvalue weighted by atomic mass is 28.3. The minimum Gasteiger partial charge on any atom is -0.0599 e.